The molecule has 1 aliphatic heterocycles. The molecule has 0 aromatic heterocycles. The number of esters is 1. The summed E-state index contributed by atoms with van der Waals surface area (Å²) in [5.74, 6) is -0.405. The van der Waals surface area contributed by atoms with Gasteiger partial charge in [-0.25, -0.2) is 4.79 Å². The Balaban J connectivity index is 2.26. The summed E-state index contributed by atoms with van der Waals surface area (Å²) < 4.78 is 5.09. The molecule has 20 heavy (non-hydrogen) atoms. The molecule has 1 atom stereocenters. The highest BCUT2D eigenvalue weighted by Crippen LogP contribution is 2.33. The molecule has 1 heterocycles. The normalized spacial score (nSPS) is 21.3. The molecule has 1 aromatic carbocycles. The molecule has 0 radical (unpaired) electrons. The molecule has 0 N–H and O–H groups in total. The van der Waals surface area contributed by atoms with Gasteiger partial charge in [-0.3, -0.25) is 4.79 Å². The van der Waals surface area contributed by atoms with Gasteiger partial charge in [0.15, 0.2) is 0 Å². The molecule has 1 aromatic rings. The Kier molecular flexibility index (Phi) is 3.84. The van der Waals surface area contributed by atoms with Crippen LogP contribution in [0.4, 0.5) is 0 Å². The maximum Gasteiger partial charge on any atom is 0.331 e. The molecule has 1 fully saturated rings. The first-order valence-corrected chi connectivity index (χ1v) is 6.97. The van der Waals surface area contributed by atoms with Crippen LogP contribution in [-0.2, 0) is 9.53 Å². The van der Waals surface area contributed by atoms with Gasteiger partial charge in [-0.05, 0) is 51.3 Å². The second-order valence-corrected chi connectivity index (χ2v) is 5.45. The highest BCUT2D eigenvalue weighted by atomic mass is 16.5. The van der Waals surface area contributed by atoms with E-state index < -0.39 is 5.54 Å². The first kappa shape index (κ1) is 14.6. The van der Waals surface area contributed by atoms with Gasteiger partial charge >= 0.3 is 5.97 Å². The van der Waals surface area contributed by atoms with Crippen LogP contribution in [0.15, 0.2) is 18.2 Å². The Bertz CT molecular complexity index is 553. The zero-order valence-corrected chi connectivity index (χ0v) is 12.5. The predicted octanol–water partition coefficient (Wildman–Crippen LogP) is 2.47. The summed E-state index contributed by atoms with van der Waals surface area (Å²) in [7, 11) is 0. The van der Waals surface area contributed by atoms with Crippen LogP contribution < -0.4 is 0 Å². The number of rotatable bonds is 3. The van der Waals surface area contributed by atoms with E-state index >= 15 is 0 Å². The van der Waals surface area contributed by atoms with Crippen LogP contribution in [0.5, 0.6) is 0 Å². The van der Waals surface area contributed by atoms with Gasteiger partial charge < -0.3 is 9.64 Å². The van der Waals surface area contributed by atoms with Crippen LogP contribution in [0.25, 0.3) is 0 Å². The van der Waals surface area contributed by atoms with E-state index in [1.54, 1.807) is 18.7 Å². The van der Waals surface area contributed by atoms with Crippen molar-refractivity contribution in [1.82, 2.24) is 4.90 Å². The maximum absolute atomic E-state index is 12.6. The molecule has 0 spiro atoms. The molecular weight excluding hydrogens is 254 g/mol. The van der Waals surface area contributed by atoms with Gasteiger partial charge in [-0.2, -0.15) is 0 Å². The van der Waals surface area contributed by atoms with E-state index in [1.165, 1.54) is 0 Å². The molecule has 4 nitrogen and oxygen atoms in total. The molecule has 0 bridgehead atoms. The lowest BCUT2D eigenvalue weighted by molar-refractivity contribution is -0.162. The van der Waals surface area contributed by atoms with Crippen LogP contribution in [0.3, 0.4) is 0 Å². The van der Waals surface area contributed by atoms with E-state index in [1.807, 2.05) is 32.0 Å². The van der Waals surface area contributed by atoms with E-state index in [4.69, 9.17) is 4.74 Å². The number of benzene rings is 1. The summed E-state index contributed by atoms with van der Waals surface area (Å²) in [5, 5.41) is 0. The standard InChI is InChI=1S/C16H21NO3/c1-5-20-15(19)16(4)9-10-17(16)14(18)13-8-6-7-11(2)12(13)3/h6-8H,5,9-10H2,1-4H3. The van der Waals surface area contributed by atoms with Gasteiger partial charge in [0.1, 0.15) is 5.54 Å². The number of hydrogen-bond acceptors (Lipinski definition) is 3. The molecule has 1 amide bonds. The smallest absolute Gasteiger partial charge is 0.331 e. The Labute approximate surface area is 119 Å². The number of nitrogens with zero attached hydrogens (tertiary/aromatic N) is 1. The summed E-state index contributed by atoms with van der Waals surface area (Å²) in [5.41, 5.74) is 1.90. The van der Waals surface area contributed by atoms with Gasteiger partial charge in [-0.15, -0.1) is 0 Å². The second kappa shape index (κ2) is 5.27. The minimum Gasteiger partial charge on any atom is -0.464 e. The number of ether oxygens (including phenoxy) is 1. The van der Waals surface area contributed by atoms with Gasteiger partial charge in [0, 0.05) is 12.1 Å². The quantitative estimate of drug-likeness (QED) is 0.796. The van der Waals surface area contributed by atoms with Gasteiger partial charge in [0.2, 0.25) is 0 Å². The number of amides is 1. The summed E-state index contributed by atoms with van der Waals surface area (Å²) in [6.07, 6.45) is 0.655. The molecule has 108 valence electrons. The van der Waals surface area contributed by atoms with Crippen molar-refractivity contribution in [3.63, 3.8) is 0 Å². The molecule has 2 rings (SSSR count). The zero-order chi connectivity index (χ0) is 14.9. The average Bonchev–Trinajstić information content (AvgIpc) is 2.39. The lowest BCUT2D eigenvalue weighted by atomic mass is 9.85. The minimum absolute atomic E-state index is 0.0898. The fraction of sp³-hybridized carbons (Fsp3) is 0.500. The SMILES string of the molecule is CCOC(=O)C1(C)CCN1C(=O)c1cccc(C)c1C. The van der Waals surface area contributed by atoms with E-state index in [0.29, 0.717) is 25.1 Å². The summed E-state index contributed by atoms with van der Waals surface area (Å²) in [6.45, 7) is 8.40. The fourth-order valence-corrected chi connectivity index (χ4v) is 2.51. The summed E-state index contributed by atoms with van der Waals surface area (Å²) in [6, 6.07) is 5.67. The third kappa shape index (κ3) is 2.19. The number of carbonyl (C=O) groups excluding carboxylic acids is 2. The number of hydrogen-bond donors (Lipinski definition) is 0. The zero-order valence-electron chi connectivity index (χ0n) is 12.5. The van der Waals surface area contributed by atoms with Crippen molar-refractivity contribution in [1.29, 1.82) is 0 Å². The predicted molar refractivity (Wildman–Crippen MR) is 76.6 cm³/mol. The number of carbonyl (C=O) groups is 2. The van der Waals surface area contributed by atoms with Crippen molar-refractivity contribution in [2.45, 2.75) is 39.7 Å². The third-order valence-corrected chi connectivity index (χ3v) is 4.21. The van der Waals surface area contributed by atoms with Crippen LogP contribution in [0.1, 0.15) is 41.8 Å². The summed E-state index contributed by atoms with van der Waals surface area (Å²) >= 11 is 0. The Morgan fingerprint density at radius 2 is 2.05 bits per heavy atom. The topological polar surface area (TPSA) is 46.6 Å². The number of likely N-dealkylation sites (tertiary alicyclic amines) is 1. The molecule has 1 unspecified atom stereocenters. The molecule has 1 aliphatic rings. The first-order valence-electron chi connectivity index (χ1n) is 6.97. The largest absolute Gasteiger partial charge is 0.464 e. The minimum atomic E-state index is -0.816. The lowest BCUT2D eigenvalue weighted by Gasteiger charge is -2.48. The maximum atomic E-state index is 12.6. The van der Waals surface area contributed by atoms with Crippen LogP contribution >= 0.6 is 0 Å². The molecule has 0 saturated carbocycles. The van der Waals surface area contributed by atoms with Crippen molar-refractivity contribution in [3.05, 3.63) is 34.9 Å². The summed E-state index contributed by atoms with van der Waals surface area (Å²) in [4.78, 5) is 26.3. The third-order valence-electron chi connectivity index (χ3n) is 4.21. The van der Waals surface area contributed by atoms with E-state index in [0.717, 1.165) is 11.1 Å². The van der Waals surface area contributed by atoms with E-state index in [9.17, 15) is 9.59 Å². The van der Waals surface area contributed by atoms with Crippen molar-refractivity contribution in [2.24, 2.45) is 0 Å². The highest BCUT2D eigenvalue weighted by molar-refractivity contribution is 6.00. The Morgan fingerprint density at radius 1 is 1.35 bits per heavy atom. The Morgan fingerprint density at radius 3 is 2.60 bits per heavy atom. The fourth-order valence-electron chi connectivity index (χ4n) is 2.51. The van der Waals surface area contributed by atoms with Gasteiger partial charge in [-0.1, -0.05) is 12.1 Å². The Hall–Kier alpha value is -1.84. The van der Waals surface area contributed by atoms with Crippen molar-refractivity contribution in [3.8, 4) is 0 Å². The van der Waals surface area contributed by atoms with Crippen molar-refractivity contribution in [2.75, 3.05) is 13.2 Å². The molecule has 4 heteroatoms. The van der Waals surface area contributed by atoms with Gasteiger partial charge in [0.05, 0.1) is 6.61 Å². The van der Waals surface area contributed by atoms with Crippen LogP contribution in [0, 0.1) is 13.8 Å². The van der Waals surface area contributed by atoms with Gasteiger partial charge in [0.25, 0.3) is 5.91 Å². The average molecular weight is 275 g/mol. The lowest BCUT2D eigenvalue weighted by Crippen LogP contribution is -2.65. The monoisotopic (exact) mass is 275 g/mol. The molecule has 0 aliphatic carbocycles. The van der Waals surface area contributed by atoms with E-state index in [-0.39, 0.29) is 11.9 Å². The molecular formula is C16H21NO3. The second-order valence-electron chi connectivity index (χ2n) is 5.45. The van der Waals surface area contributed by atoms with E-state index in [2.05, 4.69) is 0 Å². The van der Waals surface area contributed by atoms with Crippen molar-refractivity contribution >= 4 is 11.9 Å². The highest BCUT2D eigenvalue weighted by Gasteiger charge is 2.50. The van der Waals surface area contributed by atoms with Crippen LogP contribution in [0.2, 0.25) is 0 Å². The van der Waals surface area contributed by atoms with Crippen molar-refractivity contribution < 1.29 is 14.3 Å². The van der Waals surface area contributed by atoms with Crippen LogP contribution in [-0.4, -0.2) is 35.5 Å². The first-order chi connectivity index (χ1) is 9.41. The number of aryl methyl sites for hydroxylation is 1. The molecule has 1 saturated heterocycles.